The van der Waals surface area contributed by atoms with Crippen molar-refractivity contribution in [3.05, 3.63) is 71.4 Å². The molecule has 9 heteroatoms. The van der Waals surface area contributed by atoms with Crippen molar-refractivity contribution in [1.82, 2.24) is 24.6 Å². The second-order valence-corrected chi connectivity index (χ2v) is 9.71. The first-order valence-electron chi connectivity index (χ1n) is 13.0. The summed E-state index contributed by atoms with van der Waals surface area (Å²) in [7, 11) is 1.69. The summed E-state index contributed by atoms with van der Waals surface area (Å²) in [6.07, 6.45) is 0.865. The smallest absolute Gasteiger partial charge is 0.229 e. The number of aliphatic hydroxyl groups excluding tert-OH is 1. The minimum Gasteiger partial charge on any atom is -0.497 e. The van der Waals surface area contributed by atoms with Gasteiger partial charge in [0.05, 0.1) is 31.3 Å². The maximum atomic E-state index is 9.33. The Balaban J connectivity index is 1.38. The number of nitrogens with zero attached hydrogens (tertiary/aromatic N) is 7. The molecular formula is C28H33N7O2. The van der Waals surface area contributed by atoms with Gasteiger partial charge >= 0.3 is 0 Å². The Morgan fingerprint density at radius 3 is 2.35 bits per heavy atom. The van der Waals surface area contributed by atoms with Gasteiger partial charge in [0.1, 0.15) is 11.6 Å². The average molecular weight is 500 g/mol. The number of anilines is 2. The molecule has 0 atom stereocenters. The molecule has 0 saturated carbocycles. The van der Waals surface area contributed by atoms with Crippen LogP contribution in [-0.2, 0) is 19.5 Å². The molecule has 192 valence electrons. The first-order valence-corrected chi connectivity index (χ1v) is 13.0. The van der Waals surface area contributed by atoms with Crippen molar-refractivity contribution in [3.8, 4) is 5.75 Å². The Morgan fingerprint density at radius 1 is 0.865 bits per heavy atom. The van der Waals surface area contributed by atoms with Crippen LogP contribution in [0.5, 0.6) is 5.75 Å². The number of β-amino-alcohol motifs (C(OH)–C–C–N with tert-alkyl or cyclic N) is 1. The topological polar surface area (TPSA) is 82.8 Å². The van der Waals surface area contributed by atoms with Gasteiger partial charge in [-0.2, -0.15) is 15.1 Å². The summed E-state index contributed by atoms with van der Waals surface area (Å²) in [5.74, 6) is 2.58. The van der Waals surface area contributed by atoms with Crippen molar-refractivity contribution >= 4 is 22.8 Å². The van der Waals surface area contributed by atoms with Gasteiger partial charge in [-0.15, -0.1) is 0 Å². The fourth-order valence-electron chi connectivity index (χ4n) is 5.29. The zero-order valence-corrected chi connectivity index (χ0v) is 21.3. The highest BCUT2D eigenvalue weighted by Gasteiger charge is 2.29. The van der Waals surface area contributed by atoms with Crippen molar-refractivity contribution in [1.29, 1.82) is 0 Å². The second kappa shape index (κ2) is 10.4. The van der Waals surface area contributed by atoms with E-state index in [4.69, 9.17) is 19.8 Å². The van der Waals surface area contributed by atoms with E-state index < -0.39 is 0 Å². The molecular weight excluding hydrogens is 466 g/mol. The van der Waals surface area contributed by atoms with E-state index in [0.29, 0.717) is 13.1 Å². The molecule has 4 heterocycles. The summed E-state index contributed by atoms with van der Waals surface area (Å²) in [5.41, 5.74) is 4.39. The summed E-state index contributed by atoms with van der Waals surface area (Å²) in [4.78, 5) is 17.2. The molecule has 1 N–H and O–H groups in total. The van der Waals surface area contributed by atoms with Crippen LogP contribution in [0.3, 0.4) is 0 Å². The Kier molecular flexibility index (Phi) is 6.63. The largest absolute Gasteiger partial charge is 0.497 e. The van der Waals surface area contributed by atoms with E-state index in [-0.39, 0.29) is 6.61 Å². The van der Waals surface area contributed by atoms with Gasteiger partial charge in [0.25, 0.3) is 0 Å². The Morgan fingerprint density at radius 2 is 1.62 bits per heavy atom. The van der Waals surface area contributed by atoms with Gasteiger partial charge < -0.3 is 19.6 Å². The van der Waals surface area contributed by atoms with Crippen LogP contribution in [0.25, 0.3) is 11.0 Å². The maximum Gasteiger partial charge on any atom is 0.229 e. The van der Waals surface area contributed by atoms with Crippen LogP contribution < -0.4 is 14.5 Å². The first kappa shape index (κ1) is 23.7. The average Bonchev–Trinajstić information content (AvgIpc) is 3.29. The molecule has 2 aromatic heterocycles. The van der Waals surface area contributed by atoms with Crippen LogP contribution in [-0.4, -0.2) is 82.7 Å². The number of hydrogen-bond acceptors (Lipinski definition) is 8. The van der Waals surface area contributed by atoms with E-state index in [0.717, 1.165) is 79.9 Å². The molecule has 9 nitrogen and oxygen atoms in total. The highest BCUT2D eigenvalue weighted by atomic mass is 16.5. The van der Waals surface area contributed by atoms with Crippen molar-refractivity contribution in [2.45, 2.75) is 19.5 Å². The predicted octanol–water partition coefficient (Wildman–Crippen LogP) is 2.56. The third-order valence-electron chi connectivity index (χ3n) is 7.33. The van der Waals surface area contributed by atoms with Crippen LogP contribution in [0.1, 0.15) is 16.8 Å². The molecule has 2 aromatic carbocycles. The lowest BCUT2D eigenvalue weighted by Crippen LogP contribution is -2.47. The summed E-state index contributed by atoms with van der Waals surface area (Å²) in [6.45, 7) is 6.65. The zero-order chi connectivity index (χ0) is 25.2. The van der Waals surface area contributed by atoms with E-state index in [1.54, 1.807) is 7.11 Å². The molecule has 0 spiro atoms. The summed E-state index contributed by atoms with van der Waals surface area (Å²) >= 11 is 0. The monoisotopic (exact) mass is 499 g/mol. The van der Waals surface area contributed by atoms with Crippen molar-refractivity contribution in [2.24, 2.45) is 0 Å². The van der Waals surface area contributed by atoms with E-state index in [1.165, 1.54) is 11.1 Å². The predicted molar refractivity (Wildman–Crippen MR) is 144 cm³/mol. The molecule has 0 radical (unpaired) electrons. The standard InChI is InChI=1S/C28H33N7O2/c1-37-23-9-7-22(8-10-23)19-34-12-11-24-25-26(34)29-28(33-15-13-32(14-16-33)17-18-36)30-27(25)35(31-24)20-21-5-3-2-4-6-21/h2-10,36H,11-20H2,1H3. The van der Waals surface area contributed by atoms with Gasteiger partial charge in [0.2, 0.25) is 5.95 Å². The molecule has 0 aliphatic carbocycles. The van der Waals surface area contributed by atoms with Gasteiger partial charge in [-0.1, -0.05) is 42.5 Å². The summed E-state index contributed by atoms with van der Waals surface area (Å²) in [6, 6.07) is 18.7. The lowest BCUT2D eigenvalue weighted by Gasteiger charge is -2.35. The molecule has 2 aliphatic heterocycles. The zero-order valence-electron chi connectivity index (χ0n) is 21.3. The second-order valence-electron chi connectivity index (χ2n) is 9.71. The molecule has 0 bridgehead atoms. The lowest BCUT2D eigenvalue weighted by molar-refractivity contribution is 0.188. The maximum absolute atomic E-state index is 9.33. The van der Waals surface area contributed by atoms with Crippen molar-refractivity contribution in [3.63, 3.8) is 0 Å². The SMILES string of the molecule is COc1ccc(CN2CCc3nn(Cc4ccccc4)c4nc(N5CCN(CCO)CC5)nc2c34)cc1. The van der Waals surface area contributed by atoms with E-state index in [1.807, 2.05) is 22.9 Å². The van der Waals surface area contributed by atoms with E-state index >= 15 is 0 Å². The highest BCUT2D eigenvalue weighted by molar-refractivity contribution is 5.92. The number of ether oxygens (including phenoxy) is 1. The van der Waals surface area contributed by atoms with Gasteiger partial charge in [-0.25, -0.2) is 4.68 Å². The van der Waals surface area contributed by atoms with Gasteiger partial charge in [-0.3, -0.25) is 4.90 Å². The molecule has 1 fully saturated rings. The summed E-state index contributed by atoms with van der Waals surface area (Å²) in [5, 5.41) is 15.4. The molecule has 0 unspecified atom stereocenters. The number of rotatable bonds is 8. The Labute approximate surface area is 216 Å². The van der Waals surface area contributed by atoms with Crippen molar-refractivity contribution in [2.75, 3.05) is 62.8 Å². The van der Waals surface area contributed by atoms with Gasteiger partial charge in [-0.05, 0) is 23.3 Å². The van der Waals surface area contributed by atoms with Crippen LogP contribution >= 0.6 is 0 Å². The molecule has 4 aromatic rings. The van der Waals surface area contributed by atoms with Crippen LogP contribution in [0, 0.1) is 0 Å². The number of benzene rings is 2. The molecule has 2 aliphatic rings. The first-order chi connectivity index (χ1) is 18.2. The Hall–Kier alpha value is -3.69. The van der Waals surface area contributed by atoms with Gasteiger partial charge in [0.15, 0.2) is 5.65 Å². The third-order valence-corrected chi connectivity index (χ3v) is 7.33. The van der Waals surface area contributed by atoms with E-state index in [2.05, 4.69) is 51.1 Å². The summed E-state index contributed by atoms with van der Waals surface area (Å²) < 4.78 is 7.39. The van der Waals surface area contributed by atoms with Crippen LogP contribution in [0.4, 0.5) is 11.8 Å². The minimum atomic E-state index is 0.189. The fourth-order valence-corrected chi connectivity index (χ4v) is 5.29. The molecule has 1 saturated heterocycles. The normalized spacial score (nSPS) is 15.9. The number of methoxy groups -OCH3 is 1. The quantitative estimate of drug-likeness (QED) is 0.396. The third kappa shape index (κ3) is 4.84. The molecule has 6 rings (SSSR count). The number of aliphatic hydroxyl groups is 1. The molecule has 0 amide bonds. The minimum absolute atomic E-state index is 0.189. The highest BCUT2D eigenvalue weighted by Crippen LogP contribution is 2.35. The lowest BCUT2D eigenvalue weighted by atomic mass is 10.1. The Bertz CT molecular complexity index is 1350. The number of hydrogen-bond donors (Lipinski definition) is 1. The van der Waals surface area contributed by atoms with Crippen LogP contribution in [0.15, 0.2) is 54.6 Å². The van der Waals surface area contributed by atoms with Gasteiger partial charge in [0, 0.05) is 52.2 Å². The fraction of sp³-hybridized carbons (Fsp3) is 0.393. The number of piperazine rings is 1. The van der Waals surface area contributed by atoms with Crippen LogP contribution in [0.2, 0.25) is 0 Å². The number of aromatic nitrogens is 4. The van der Waals surface area contributed by atoms with E-state index in [9.17, 15) is 5.11 Å². The molecule has 37 heavy (non-hydrogen) atoms. The van der Waals surface area contributed by atoms with Crippen molar-refractivity contribution < 1.29 is 9.84 Å².